The summed E-state index contributed by atoms with van der Waals surface area (Å²) < 4.78 is 37.8. The van der Waals surface area contributed by atoms with Crippen LogP contribution in [0.15, 0.2) is 51.5 Å². The standard InChI is InChI=1S/C21H15ClF2N4O3/c1-10(21-26-19(28-31-21)12-6-8-13(23)9-7-12)25-20(29)16-11(2)30-27-18(16)17-14(22)4-3-5-15(17)24/h3-10H,1-2H3,(H,25,29)/t10-/m1/s1. The maximum absolute atomic E-state index is 14.4. The molecule has 4 aromatic rings. The Labute approximate surface area is 180 Å². The molecule has 2 aromatic carbocycles. The Balaban J connectivity index is 1.58. The van der Waals surface area contributed by atoms with E-state index in [1.807, 2.05) is 0 Å². The summed E-state index contributed by atoms with van der Waals surface area (Å²) in [5.74, 6) is -1.03. The van der Waals surface area contributed by atoms with E-state index in [2.05, 4.69) is 20.6 Å². The fourth-order valence-electron chi connectivity index (χ4n) is 2.99. The van der Waals surface area contributed by atoms with Crippen LogP contribution in [0.25, 0.3) is 22.6 Å². The number of halogens is 3. The van der Waals surface area contributed by atoms with E-state index >= 15 is 0 Å². The summed E-state index contributed by atoms with van der Waals surface area (Å²) in [7, 11) is 0. The minimum absolute atomic E-state index is 0.0113. The molecule has 31 heavy (non-hydrogen) atoms. The van der Waals surface area contributed by atoms with Crippen LogP contribution in [0.4, 0.5) is 8.78 Å². The summed E-state index contributed by atoms with van der Waals surface area (Å²) in [5.41, 5.74) is 0.552. The number of benzene rings is 2. The van der Waals surface area contributed by atoms with Crippen LogP contribution < -0.4 is 5.32 Å². The zero-order chi connectivity index (χ0) is 22.1. The molecule has 0 saturated carbocycles. The van der Waals surface area contributed by atoms with E-state index in [4.69, 9.17) is 20.6 Å². The van der Waals surface area contributed by atoms with E-state index in [0.29, 0.717) is 5.56 Å². The van der Waals surface area contributed by atoms with E-state index in [-0.39, 0.29) is 45.1 Å². The summed E-state index contributed by atoms with van der Waals surface area (Å²) in [6.07, 6.45) is 0. The number of carbonyl (C=O) groups excluding carboxylic acids is 1. The van der Waals surface area contributed by atoms with E-state index in [9.17, 15) is 13.6 Å². The van der Waals surface area contributed by atoms with Crippen LogP contribution in [-0.4, -0.2) is 21.2 Å². The highest BCUT2D eigenvalue weighted by molar-refractivity contribution is 6.33. The predicted molar refractivity (Wildman–Crippen MR) is 107 cm³/mol. The van der Waals surface area contributed by atoms with E-state index in [0.717, 1.165) is 0 Å². The molecule has 1 N–H and O–H groups in total. The molecule has 0 aliphatic rings. The fraction of sp³-hybridized carbons (Fsp3) is 0.143. The number of amides is 1. The Morgan fingerprint density at radius 1 is 1.10 bits per heavy atom. The van der Waals surface area contributed by atoms with Gasteiger partial charge in [-0.15, -0.1) is 0 Å². The molecular formula is C21H15ClF2N4O3. The minimum Gasteiger partial charge on any atom is -0.360 e. The lowest BCUT2D eigenvalue weighted by Crippen LogP contribution is -2.27. The van der Waals surface area contributed by atoms with Gasteiger partial charge < -0.3 is 14.4 Å². The van der Waals surface area contributed by atoms with Crippen molar-refractivity contribution in [3.63, 3.8) is 0 Å². The summed E-state index contributed by atoms with van der Waals surface area (Å²) in [6.45, 7) is 3.17. The maximum Gasteiger partial charge on any atom is 0.257 e. The van der Waals surface area contributed by atoms with Gasteiger partial charge in [0.2, 0.25) is 11.7 Å². The number of aromatic nitrogens is 3. The van der Waals surface area contributed by atoms with Gasteiger partial charge in [0.15, 0.2) is 0 Å². The van der Waals surface area contributed by atoms with Crippen LogP contribution >= 0.6 is 11.6 Å². The molecule has 0 bridgehead atoms. The lowest BCUT2D eigenvalue weighted by molar-refractivity contribution is 0.0931. The lowest BCUT2D eigenvalue weighted by Gasteiger charge is -2.10. The monoisotopic (exact) mass is 444 g/mol. The largest absolute Gasteiger partial charge is 0.360 e. The highest BCUT2D eigenvalue weighted by Gasteiger charge is 2.27. The van der Waals surface area contributed by atoms with E-state index in [1.54, 1.807) is 6.92 Å². The number of carbonyl (C=O) groups is 1. The van der Waals surface area contributed by atoms with Crippen LogP contribution in [0.3, 0.4) is 0 Å². The summed E-state index contributed by atoms with van der Waals surface area (Å²) in [6, 6.07) is 9.04. The van der Waals surface area contributed by atoms with Gasteiger partial charge >= 0.3 is 0 Å². The molecule has 4 rings (SSSR count). The Morgan fingerprint density at radius 3 is 2.55 bits per heavy atom. The number of rotatable bonds is 5. The van der Waals surface area contributed by atoms with E-state index in [1.165, 1.54) is 49.4 Å². The van der Waals surface area contributed by atoms with E-state index < -0.39 is 17.8 Å². The van der Waals surface area contributed by atoms with Crippen molar-refractivity contribution in [1.29, 1.82) is 0 Å². The quantitative estimate of drug-likeness (QED) is 0.459. The average Bonchev–Trinajstić information content (AvgIpc) is 3.36. The average molecular weight is 445 g/mol. The van der Waals surface area contributed by atoms with Crippen molar-refractivity contribution >= 4 is 17.5 Å². The molecule has 0 saturated heterocycles. The zero-order valence-corrected chi connectivity index (χ0v) is 17.1. The zero-order valence-electron chi connectivity index (χ0n) is 16.3. The smallest absolute Gasteiger partial charge is 0.257 e. The first-order valence-electron chi connectivity index (χ1n) is 9.16. The summed E-state index contributed by atoms with van der Waals surface area (Å²) in [5, 5.41) is 10.5. The first-order valence-corrected chi connectivity index (χ1v) is 9.54. The van der Waals surface area contributed by atoms with Crippen LogP contribution in [0, 0.1) is 18.6 Å². The molecule has 0 unspecified atom stereocenters. The number of hydrogen-bond donors (Lipinski definition) is 1. The van der Waals surface area contributed by atoms with Crippen molar-refractivity contribution in [3.05, 3.63) is 76.3 Å². The number of hydrogen-bond acceptors (Lipinski definition) is 6. The van der Waals surface area contributed by atoms with Gasteiger partial charge in [-0.1, -0.05) is 28.0 Å². The predicted octanol–water partition coefficient (Wildman–Crippen LogP) is 5.12. The van der Waals surface area contributed by atoms with Crippen molar-refractivity contribution in [3.8, 4) is 22.6 Å². The van der Waals surface area contributed by atoms with Crippen molar-refractivity contribution < 1.29 is 22.6 Å². The first-order chi connectivity index (χ1) is 14.8. The van der Waals surface area contributed by atoms with Gasteiger partial charge in [0, 0.05) is 5.56 Å². The van der Waals surface area contributed by atoms with Gasteiger partial charge in [-0.3, -0.25) is 4.79 Å². The van der Waals surface area contributed by atoms with Gasteiger partial charge in [0.25, 0.3) is 5.91 Å². The Bertz CT molecular complexity index is 1230. The van der Waals surface area contributed by atoms with Crippen molar-refractivity contribution in [2.75, 3.05) is 0 Å². The highest BCUT2D eigenvalue weighted by Crippen LogP contribution is 2.33. The van der Waals surface area contributed by atoms with Gasteiger partial charge in [-0.2, -0.15) is 4.98 Å². The van der Waals surface area contributed by atoms with Crippen LogP contribution in [-0.2, 0) is 0 Å². The number of aryl methyl sites for hydroxylation is 1. The van der Waals surface area contributed by atoms with Crippen LogP contribution in [0.5, 0.6) is 0 Å². The Morgan fingerprint density at radius 2 is 1.84 bits per heavy atom. The van der Waals surface area contributed by atoms with Crippen molar-refractivity contribution in [2.45, 2.75) is 19.9 Å². The third-order valence-corrected chi connectivity index (χ3v) is 4.87. The number of nitrogens with zero attached hydrogens (tertiary/aromatic N) is 3. The maximum atomic E-state index is 14.4. The molecule has 0 aliphatic carbocycles. The Kier molecular flexibility index (Phi) is 5.51. The molecule has 2 aromatic heterocycles. The summed E-state index contributed by atoms with van der Waals surface area (Å²) >= 11 is 6.11. The first kappa shape index (κ1) is 20.7. The van der Waals surface area contributed by atoms with Crippen LogP contribution in [0.2, 0.25) is 5.02 Å². The second-order valence-corrected chi connectivity index (χ2v) is 7.12. The topological polar surface area (TPSA) is 94.1 Å². The van der Waals surface area contributed by atoms with Gasteiger partial charge in [-0.05, 0) is 50.2 Å². The molecular weight excluding hydrogens is 430 g/mol. The normalized spacial score (nSPS) is 12.0. The summed E-state index contributed by atoms with van der Waals surface area (Å²) in [4.78, 5) is 17.2. The second kappa shape index (κ2) is 8.27. The molecule has 158 valence electrons. The third-order valence-electron chi connectivity index (χ3n) is 4.55. The molecule has 1 amide bonds. The molecule has 0 spiro atoms. The third kappa shape index (κ3) is 4.04. The fourth-order valence-corrected chi connectivity index (χ4v) is 3.24. The lowest BCUT2D eigenvalue weighted by atomic mass is 10.0. The molecule has 0 aliphatic heterocycles. The molecule has 0 fully saturated rings. The highest BCUT2D eigenvalue weighted by atomic mass is 35.5. The van der Waals surface area contributed by atoms with Crippen molar-refractivity contribution in [1.82, 2.24) is 20.6 Å². The second-order valence-electron chi connectivity index (χ2n) is 6.72. The molecule has 10 heteroatoms. The minimum atomic E-state index is -0.688. The van der Waals surface area contributed by atoms with Crippen molar-refractivity contribution in [2.24, 2.45) is 0 Å². The van der Waals surface area contributed by atoms with Crippen LogP contribution in [0.1, 0.15) is 35.0 Å². The van der Waals surface area contributed by atoms with Gasteiger partial charge in [0.05, 0.1) is 10.6 Å². The SMILES string of the molecule is Cc1onc(-c2c(F)cccc2Cl)c1C(=O)N[C@H](C)c1nc(-c2ccc(F)cc2)no1. The molecule has 0 radical (unpaired) electrons. The van der Waals surface area contributed by atoms with Gasteiger partial charge in [-0.25, -0.2) is 8.78 Å². The molecule has 7 nitrogen and oxygen atoms in total. The molecule has 2 heterocycles. The molecule has 1 atom stereocenters. The van der Waals surface area contributed by atoms with Gasteiger partial charge in [0.1, 0.15) is 34.7 Å². The number of nitrogens with one attached hydrogen (secondary N) is 1. The Hall–Kier alpha value is -3.59.